The van der Waals surface area contributed by atoms with E-state index >= 15 is 0 Å². The zero-order chi connectivity index (χ0) is 22.2. The lowest BCUT2D eigenvalue weighted by atomic mass is 10.1. The van der Waals surface area contributed by atoms with Crippen LogP contribution in [0.3, 0.4) is 0 Å². The third kappa shape index (κ3) is 8.10. The topological polar surface area (TPSA) is 97.5 Å². The predicted molar refractivity (Wildman–Crippen MR) is 99.8 cm³/mol. The van der Waals surface area contributed by atoms with Crippen molar-refractivity contribution in [1.82, 2.24) is 15.5 Å². The Hall–Kier alpha value is -2.62. The molecule has 7 nitrogen and oxygen atoms in total. The van der Waals surface area contributed by atoms with E-state index in [0.29, 0.717) is 5.89 Å². The van der Waals surface area contributed by atoms with Gasteiger partial charge in [0.2, 0.25) is 5.89 Å². The highest BCUT2D eigenvalue weighted by Crippen LogP contribution is 2.20. The van der Waals surface area contributed by atoms with E-state index in [1.165, 1.54) is 5.56 Å². The average Bonchev–Trinajstić information content (AvgIpc) is 3.12. The largest absolute Gasteiger partial charge is 0.496 e. The number of rotatable bonds is 7. The summed E-state index contributed by atoms with van der Waals surface area (Å²) in [6.45, 7) is 8.28. The van der Waals surface area contributed by atoms with Crippen LogP contribution >= 0.6 is 0 Å². The van der Waals surface area contributed by atoms with E-state index in [1.807, 2.05) is 25.1 Å². The SMILES string of the molecule is COc1ccccc1CC(C)NC(C)c1nc(C(C)C)no1.O=C(O)C(F)(F)F. The maximum Gasteiger partial charge on any atom is 0.490 e. The Kier molecular flexibility index (Phi) is 9.09. The van der Waals surface area contributed by atoms with Crippen LogP contribution in [0.25, 0.3) is 0 Å². The average molecular weight is 417 g/mol. The monoisotopic (exact) mass is 417 g/mol. The number of aliphatic carboxylic acids is 1. The minimum atomic E-state index is -5.08. The molecule has 0 saturated heterocycles. The Bertz CT molecular complexity index is 778. The molecule has 29 heavy (non-hydrogen) atoms. The molecule has 2 N–H and O–H groups in total. The highest BCUT2D eigenvalue weighted by molar-refractivity contribution is 5.73. The number of hydrogen-bond donors (Lipinski definition) is 2. The lowest BCUT2D eigenvalue weighted by Gasteiger charge is -2.18. The van der Waals surface area contributed by atoms with Gasteiger partial charge in [0.05, 0.1) is 13.2 Å². The number of aromatic nitrogens is 2. The summed E-state index contributed by atoms with van der Waals surface area (Å²) in [6, 6.07) is 8.37. The van der Waals surface area contributed by atoms with Crippen LogP contribution in [-0.4, -0.2) is 40.5 Å². The number of carboxylic acids is 1. The predicted octanol–water partition coefficient (Wildman–Crippen LogP) is 4.12. The second-order valence-corrected chi connectivity index (χ2v) is 6.75. The molecule has 0 aliphatic rings. The van der Waals surface area contributed by atoms with Crippen molar-refractivity contribution in [3.8, 4) is 5.75 Å². The van der Waals surface area contributed by atoms with Crippen molar-refractivity contribution in [2.45, 2.75) is 58.3 Å². The van der Waals surface area contributed by atoms with Crippen molar-refractivity contribution in [2.24, 2.45) is 0 Å². The van der Waals surface area contributed by atoms with Crippen LogP contribution in [0.1, 0.15) is 56.9 Å². The Morgan fingerprint density at radius 1 is 1.24 bits per heavy atom. The van der Waals surface area contributed by atoms with Gasteiger partial charge in [-0.3, -0.25) is 0 Å². The summed E-state index contributed by atoms with van der Waals surface area (Å²) in [5, 5.41) is 14.6. The van der Waals surface area contributed by atoms with Crippen LogP contribution in [0.4, 0.5) is 13.2 Å². The van der Waals surface area contributed by atoms with E-state index in [-0.39, 0.29) is 18.0 Å². The molecular weight excluding hydrogens is 391 g/mol. The molecule has 162 valence electrons. The fourth-order valence-corrected chi connectivity index (χ4v) is 2.42. The van der Waals surface area contributed by atoms with Crippen molar-refractivity contribution in [3.05, 3.63) is 41.5 Å². The number of methoxy groups -OCH3 is 1. The lowest BCUT2D eigenvalue weighted by molar-refractivity contribution is -0.192. The zero-order valence-corrected chi connectivity index (χ0v) is 16.9. The number of carbonyl (C=O) groups is 1. The molecule has 0 aliphatic heterocycles. The lowest BCUT2D eigenvalue weighted by Crippen LogP contribution is -2.31. The van der Waals surface area contributed by atoms with E-state index in [9.17, 15) is 13.2 Å². The molecule has 2 aromatic rings. The molecule has 10 heteroatoms. The van der Waals surface area contributed by atoms with Gasteiger partial charge in [0.25, 0.3) is 0 Å². The number of halogens is 3. The number of nitrogens with zero attached hydrogens (tertiary/aromatic N) is 2. The molecule has 0 radical (unpaired) electrons. The fraction of sp³-hybridized carbons (Fsp3) is 0.526. The van der Waals surface area contributed by atoms with Gasteiger partial charge in [-0.15, -0.1) is 0 Å². The highest BCUT2D eigenvalue weighted by Gasteiger charge is 2.38. The third-order valence-corrected chi connectivity index (χ3v) is 3.84. The summed E-state index contributed by atoms with van der Waals surface area (Å²) in [7, 11) is 1.70. The molecule has 0 spiro atoms. The van der Waals surface area contributed by atoms with Crippen molar-refractivity contribution < 1.29 is 32.3 Å². The number of alkyl halides is 3. The van der Waals surface area contributed by atoms with E-state index in [2.05, 4.69) is 42.3 Å². The van der Waals surface area contributed by atoms with Crippen LogP contribution in [-0.2, 0) is 11.2 Å². The molecule has 0 fully saturated rings. The van der Waals surface area contributed by atoms with Crippen LogP contribution in [0.5, 0.6) is 5.75 Å². The summed E-state index contributed by atoms with van der Waals surface area (Å²) in [5.74, 6) is -0.177. The first-order valence-corrected chi connectivity index (χ1v) is 8.97. The molecule has 2 atom stereocenters. The Morgan fingerprint density at radius 3 is 2.31 bits per heavy atom. The second-order valence-electron chi connectivity index (χ2n) is 6.75. The molecule has 1 aromatic carbocycles. The van der Waals surface area contributed by atoms with Crippen LogP contribution in [0.2, 0.25) is 0 Å². The Morgan fingerprint density at radius 2 is 1.83 bits per heavy atom. The second kappa shape index (κ2) is 10.8. The highest BCUT2D eigenvalue weighted by atomic mass is 19.4. The van der Waals surface area contributed by atoms with Crippen molar-refractivity contribution in [3.63, 3.8) is 0 Å². The normalized spacial score (nSPS) is 13.4. The summed E-state index contributed by atoms with van der Waals surface area (Å²) < 4.78 is 42.5. The number of benzene rings is 1. The minimum absolute atomic E-state index is 0.0182. The van der Waals surface area contributed by atoms with Gasteiger partial charge in [0.1, 0.15) is 5.75 Å². The molecular formula is C19H26F3N3O4. The van der Waals surface area contributed by atoms with Crippen LogP contribution < -0.4 is 10.1 Å². The fourth-order valence-electron chi connectivity index (χ4n) is 2.42. The van der Waals surface area contributed by atoms with E-state index in [4.69, 9.17) is 19.2 Å². The van der Waals surface area contributed by atoms with Gasteiger partial charge in [0, 0.05) is 12.0 Å². The Labute approximate surface area is 167 Å². The van der Waals surface area contributed by atoms with Crippen molar-refractivity contribution in [1.29, 1.82) is 0 Å². The van der Waals surface area contributed by atoms with Gasteiger partial charge in [0.15, 0.2) is 5.82 Å². The number of hydrogen-bond acceptors (Lipinski definition) is 6. The maximum atomic E-state index is 10.6. The number of carboxylic acid groups (broad SMARTS) is 1. The number of ether oxygens (including phenoxy) is 1. The van der Waals surface area contributed by atoms with Gasteiger partial charge in [-0.1, -0.05) is 37.2 Å². The van der Waals surface area contributed by atoms with E-state index < -0.39 is 12.1 Å². The van der Waals surface area contributed by atoms with Crippen molar-refractivity contribution in [2.75, 3.05) is 7.11 Å². The summed E-state index contributed by atoms with van der Waals surface area (Å²) in [4.78, 5) is 13.3. The molecule has 0 saturated carbocycles. The molecule has 1 aromatic heterocycles. The van der Waals surface area contributed by atoms with E-state index in [0.717, 1.165) is 18.0 Å². The maximum absolute atomic E-state index is 10.6. The molecule has 0 aliphatic carbocycles. The Balaban J connectivity index is 0.000000516. The standard InChI is InChI=1S/C17H25N3O2.C2HF3O2/c1-11(2)16-19-17(22-20-16)13(4)18-12(3)10-14-8-6-7-9-15(14)21-5;3-2(4,5)1(6)7/h6-9,11-13,18H,10H2,1-5H3;(H,6,7). The molecule has 1 heterocycles. The summed E-state index contributed by atoms with van der Waals surface area (Å²) >= 11 is 0. The molecule has 2 unspecified atom stereocenters. The van der Waals surface area contributed by atoms with Gasteiger partial charge in [-0.25, -0.2) is 4.79 Å². The van der Waals surface area contributed by atoms with Crippen LogP contribution in [0, 0.1) is 0 Å². The smallest absolute Gasteiger partial charge is 0.490 e. The first kappa shape index (κ1) is 24.4. The first-order chi connectivity index (χ1) is 13.5. The van der Waals surface area contributed by atoms with Gasteiger partial charge < -0.3 is 19.7 Å². The summed E-state index contributed by atoms with van der Waals surface area (Å²) in [6.07, 6.45) is -4.21. The third-order valence-electron chi connectivity index (χ3n) is 3.84. The zero-order valence-electron chi connectivity index (χ0n) is 16.9. The van der Waals surface area contributed by atoms with Crippen molar-refractivity contribution >= 4 is 5.97 Å². The van der Waals surface area contributed by atoms with E-state index in [1.54, 1.807) is 7.11 Å². The van der Waals surface area contributed by atoms with Crippen LogP contribution in [0.15, 0.2) is 28.8 Å². The minimum Gasteiger partial charge on any atom is -0.496 e. The number of nitrogens with one attached hydrogen (secondary N) is 1. The molecule has 0 amide bonds. The first-order valence-electron chi connectivity index (χ1n) is 8.97. The molecule has 0 bridgehead atoms. The summed E-state index contributed by atoms with van der Waals surface area (Å²) in [5.41, 5.74) is 1.19. The van der Waals surface area contributed by atoms with Gasteiger partial charge in [-0.2, -0.15) is 18.2 Å². The quantitative estimate of drug-likeness (QED) is 0.699. The number of para-hydroxylation sites is 1. The van der Waals surface area contributed by atoms with Gasteiger partial charge in [-0.05, 0) is 31.9 Å². The van der Waals surface area contributed by atoms with Gasteiger partial charge >= 0.3 is 12.1 Å². The molecule has 2 rings (SSSR count).